The Morgan fingerprint density at radius 2 is 2.33 bits per heavy atom. The highest BCUT2D eigenvalue weighted by Gasteiger charge is 2.14. The van der Waals surface area contributed by atoms with Gasteiger partial charge in [0, 0.05) is 24.5 Å². The number of aromatic nitrogens is 3. The van der Waals surface area contributed by atoms with Crippen molar-refractivity contribution in [2.75, 3.05) is 0 Å². The van der Waals surface area contributed by atoms with Gasteiger partial charge >= 0.3 is 0 Å². The first kappa shape index (κ1) is 11.1. The highest BCUT2D eigenvalue weighted by Crippen LogP contribution is 2.20. The number of rotatable bonds is 3. The van der Waals surface area contributed by atoms with Crippen molar-refractivity contribution in [2.24, 2.45) is 0 Å². The van der Waals surface area contributed by atoms with Crippen molar-refractivity contribution in [1.82, 2.24) is 14.8 Å². The van der Waals surface area contributed by atoms with Gasteiger partial charge in [0.15, 0.2) is 0 Å². The van der Waals surface area contributed by atoms with Gasteiger partial charge in [-0.15, -0.1) is 11.3 Å². The fourth-order valence-electron chi connectivity index (χ4n) is 1.90. The summed E-state index contributed by atoms with van der Waals surface area (Å²) in [7, 11) is 0. The molecule has 0 aliphatic carbocycles. The molecule has 0 radical (unpaired) electrons. The van der Waals surface area contributed by atoms with Crippen LogP contribution in [0.25, 0.3) is 10.2 Å². The first-order chi connectivity index (χ1) is 8.79. The van der Waals surface area contributed by atoms with E-state index in [0.717, 1.165) is 10.2 Å². The predicted molar refractivity (Wildman–Crippen MR) is 71.0 cm³/mol. The average molecular weight is 257 g/mol. The summed E-state index contributed by atoms with van der Waals surface area (Å²) in [4.78, 5) is 16.6. The summed E-state index contributed by atoms with van der Waals surface area (Å²) < 4.78 is 2.73. The van der Waals surface area contributed by atoms with Crippen molar-refractivity contribution >= 4 is 27.3 Å². The Bertz CT molecular complexity index is 714. The monoisotopic (exact) mass is 257 g/mol. The van der Waals surface area contributed by atoms with Crippen molar-refractivity contribution in [3.05, 3.63) is 47.2 Å². The van der Waals surface area contributed by atoms with E-state index in [9.17, 15) is 4.79 Å². The van der Waals surface area contributed by atoms with Crippen LogP contribution in [-0.2, 0) is 6.54 Å². The Morgan fingerprint density at radius 1 is 1.44 bits per heavy atom. The molecule has 0 atom stereocenters. The quantitative estimate of drug-likeness (QED) is 0.678. The molecule has 3 aromatic rings. The summed E-state index contributed by atoms with van der Waals surface area (Å²) in [5, 5.41) is 6.09. The van der Waals surface area contributed by atoms with Gasteiger partial charge in [-0.2, -0.15) is 5.10 Å². The molecule has 3 heterocycles. The van der Waals surface area contributed by atoms with Gasteiger partial charge in [-0.25, -0.2) is 0 Å². The average Bonchev–Trinajstić information content (AvgIpc) is 3.05. The normalized spacial score (nSPS) is 10.9. The van der Waals surface area contributed by atoms with Crippen LogP contribution in [0.1, 0.15) is 23.0 Å². The number of aryl methyl sites for hydroxylation is 1. The molecule has 0 amide bonds. The van der Waals surface area contributed by atoms with Gasteiger partial charge in [0.05, 0.1) is 10.2 Å². The van der Waals surface area contributed by atoms with Gasteiger partial charge in [-0.1, -0.05) is 0 Å². The second kappa shape index (κ2) is 4.34. The molecule has 5 heteroatoms. The lowest BCUT2D eigenvalue weighted by atomic mass is 10.1. The summed E-state index contributed by atoms with van der Waals surface area (Å²) >= 11 is 1.59. The van der Waals surface area contributed by atoms with E-state index in [1.54, 1.807) is 34.5 Å². The second-order valence-corrected chi connectivity index (χ2v) is 4.84. The number of hydrogen-bond acceptors (Lipinski definition) is 4. The van der Waals surface area contributed by atoms with Crippen LogP contribution >= 0.6 is 11.3 Å². The number of thiophene rings is 1. The first-order valence-corrected chi connectivity index (χ1v) is 6.57. The maximum atomic E-state index is 12.4. The van der Waals surface area contributed by atoms with E-state index >= 15 is 0 Å². The molecule has 0 unspecified atom stereocenters. The van der Waals surface area contributed by atoms with Crippen molar-refractivity contribution in [1.29, 1.82) is 0 Å². The standard InChI is InChI=1S/C13H11N3OS/c1-2-16-11(3-5-15-16)13(17)9-7-12-10(14-8-9)4-6-18-12/h3-8H,2H2,1H3. The van der Waals surface area contributed by atoms with Gasteiger partial charge in [-0.3, -0.25) is 14.5 Å². The minimum absolute atomic E-state index is 0.0304. The minimum Gasteiger partial charge on any atom is -0.287 e. The Morgan fingerprint density at radius 3 is 3.17 bits per heavy atom. The van der Waals surface area contributed by atoms with Gasteiger partial charge in [0.2, 0.25) is 5.78 Å². The highest BCUT2D eigenvalue weighted by molar-refractivity contribution is 7.17. The Labute approximate surface area is 108 Å². The van der Waals surface area contributed by atoms with Crippen LogP contribution in [0.4, 0.5) is 0 Å². The fourth-order valence-corrected chi connectivity index (χ4v) is 2.68. The molecule has 0 aliphatic heterocycles. The summed E-state index contributed by atoms with van der Waals surface area (Å²) in [6, 6.07) is 5.58. The van der Waals surface area contributed by atoms with Crippen LogP contribution in [0, 0.1) is 0 Å². The molecule has 0 bridgehead atoms. The van der Waals surface area contributed by atoms with E-state index < -0.39 is 0 Å². The number of ketones is 1. The topological polar surface area (TPSA) is 47.8 Å². The molecule has 18 heavy (non-hydrogen) atoms. The van der Waals surface area contributed by atoms with Gasteiger partial charge in [0.1, 0.15) is 5.69 Å². The molecule has 4 nitrogen and oxygen atoms in total. The first-order valence-electron chi connectivity index (χ1n) is 5.69. The molecule has 0 fully saturated rings. The molecule has 0 spiro atoms. The van der Waals surface area contributed by atoms with Gasteiger partial charge in [0.25, 0.3) is 0 Å². The summed E-state index contributed by atoms with van der Waals surface area (Å²) in [5.41, 5.74) is 2.15. The largest absolute Gasteiger partial charge is 0.287 e. The highest BCUT2D eigenvalue weighted by atomic mass is 32.1. The molecule has 3 aromatic heterocycles. The molecule has 0 N–H and O–H groups in total. The third kappa shape index (κ3) is 1.73. The van der Waals surface area contributed by atoms with E-state index in [0.29, 0.717) is 17.8 Å². The van der Waals surface area contributed by atoms with Crippen LogP contribution in [0.3, 0.4) is 0 Å². The van der Waals surface area contributed by atoms with Crippen molar-refractivity contribution in [3.63, 3.8) is 0 Å². The number of fused-ring (bicyclic) bond motifs is 1. The lowest BCUT2D eigenvalue weighted by Gasteiger charge is -2.03. The van der Waals surface area contributed by atoms with E-state index in [4.69, 9.17) is 0 Å². The predicted octanol–water partition coefficient (Wildman–Crippen LogP) is 2.74. The molecule has 0 aliphatic rings. The van der Waals surface area contributed by atoms with E-state index in [1.165, 1.54) is 0 Å². The van der Waals surface area contributed by atoms with Crippen molar-refractivity contribution in [2.45, 2.75) is 13.5 Å². The molecule has 3 rings (SSSR count). The summed E-state index contributed by atoms with van der Waals surface area (Å²) in [6.07, 6.45) is 3.28. The van der Waals surface area contributed by atoms with Crippen molar-refractivity contribution < 1.29 is 4.79 Å². The van der Waals surface area contributed by atoms with E-state index in [1.807, 2.05) is 24.4 Å². The number of hydrogen-bond donors (Lipinski definition) is 0. The van der Waals surface area contributed by atoms with Gasteiger partial charge < -0.3 is 0 Å². The zero-order valence-corrected chi connectivity index (χ0v) is 10.6. The Balaban J connectivity index is 2.06. The maximum absolute atomic E-state index is 12.4. The van der Waals surface area contributed by atoms with Crippen LogP contribution < -0.4 is 0 Å². The maximum Gasteiger partial charge on any atom is 0.212 e. The third-order valence-corrected chi connectivity index (χ3v) is 3.67. The van der Waals surface area contributed by atoms with E-state index in [-0.39, 0.29) is 5.78 Å². The SMILES string of the molecule is CCn1nccc1C(=O)c1cnc2ccsc2c1. The lowest BCUT2D eigenvalue weighted by Crippen LogP contribution is -2.10. The van der Waals surface area contributed by atoms with Crippen LogP contribution in [0.5, 0.6) is 0 Å². The summed E-state index contributed by atoms with van der Waals surface area (Å²) in [5.74, 6) is -0.0304. The molecule has 0 saturated heterocycles. The number of nitrogens with zero attached hydrogens (tertiary/aromatic N) is 3. The van der Waals surface area contributed by atoms with Gasteiger partial charge in [-0.05, 0) is 30.5 Å². The fraction of sp³-hybridized carbons (Fsp3) is 0.154. The Hall–Kier alpha value is -2.01. The van der Waals surface area contributed by atoms with Crippen LogP contribution in [0.2, 0.25) is 0 Å². The molecular weight excluding hydrogens is 246 g/mol. The smallest absolute Gasteiger partial charge is 0.212 e. The molecular formula is C13H11N3OS. The van der Waals surface area contributed by atoms with Crippen molar-refractivity contribution in [3.8, 4) is 0 Å². The third-order valence-electron chi connectivity index (χ3n) is 2.81. The van der Waals surface area contributed by atoms with Crippen LogP contribution in [-0.4, -0.2) is 20.5 Å². The number of pyridine rings is 1. The zero-order valence-electron chi connectivity index (χ0n) is 9.83. The molecule has 90 valence electrons. The zero-order chi connectivity index (χ0) is 12.5. The molecule has 0 aromatic carbocycles. The lowest BCUT2D eigenvalue weighted by molar-refractivity contribution is 0.102. The summed E-state index contributed by atoms with van der Waals surface area (Å²) in [6.45, 7) is 2.65. The second-order valence-electron chi connectivity index (χ2n) is 3.89. The minimum atomic E-state index is -0.0304. The number of carbonyl (C=O) groups excluding carboxylic acids is 1. The number of carbonyl (C=O) groups is 1. The molecule has 0 saturated carbocycles. The van der Waals surface area contributed by atoms with E-state index in [2.05, 4.69) is 10.1 Å². The Kier molecular flexibility index (Phi) is 2.68. The van der Waals surface area contributed by atoms with Crippen LogP contribution in [0.15, 0.2) is 36.0 Å².